The fourth-order valence-electron chi connectivity index (χ4n) is 3.55. The smallest absolute Gasteiger partial charge is 0.316 e. The molecule has 180 valence electrons. The summed E-state index contributed by atoms with van der Waals surface area (Å²) < 4.78 is 20.4. The van der Waals surface area contributed by atoms with Crippen molar-refractivity contribution in [2.75, 3.05) is 17.7 Å². The maximum atomic E-state index is 13.3. The van der Waals surface area contributed by atoms with Gasteiger partial charge in [-0.05, 0) is 53.4 Å². The van der Waals surface area contributed by atoms with E-state index < -0.39 is 11.9 Å². The molecule has 0 saturated heterocycles. The minimum absolute atomic E-state index is 0.00308. The van der Waals surface area contributed by atoms with Crippen molar-refractivity contribution in [1.29, 1.82) is 0 Å². The number of imidazole rings is 1. The minimum Gasteiger partial charge on any atom is -0.455 e. The molecule has 0 atom stereocenters. The second kappa shape index (κ2) is 11.2. The number of anilines is 1. The Bertz CT molecular complexity index is 1320. The van der Waals surface area contributed by atoms with Crippen LogP contribution in [-0.4, -0.2) is 33.8 Å². The van der Waals surface area contributed by atoms with Crippen molar-refractivity contribution in [3.05, 3.63) is 89.7 Å². The van der Waals surface area contributed by atoms with E-state index in [4.69, 9.17) is 4.74 Å². The van der Waals surface area contributed by atoms with Gasteiger partial charge in [-0.3, -0.25) is 9.59 Å². The highest BCUT2D eigenvalue weighted by molar-refractivity contribution is 7.99. The Labute approximate surface area is 207 Å². The summed E-state index contributed by atoms with van der Waals surface area (Å²) in [6.07, 6.45) is 0. The fourth-order valence-corrected chi connectivity index (χ4v) is 4.36. The molecule has 0 aliphatic carbocycles. The molecule has 0 aliphatic rings. The molecule has 1 N–H and O–H groups in total. The Morgan fingerprint density at radius 1 is 1.03 bits per heavy atom. The third-order valence-corrected chi connectivity index (χ3v) is 6.37. The molecule has 0 bridgehead atoms. The largest absolute Gasteiger partial charge is 0.455 e. The molecule has 35 heavy (non-hydrogen) atoms. The molecule has 3 aromatic carbocycles. The second-order valence-corrected chi connectivity index (χ2v) is 9.31. The van der Waals surface area contributed by atoms with E-state index in [-0.39, 0.29) is 18.2 Å². The number of para-hydroxylation sites is 2. The monoisotopic (exact) mass is 491 g/mol. The average molecular weight is 492 g/mol. The Balaban J connectivity index is 1.34. The van der Waals surface area contributed by atoms with Crippen LogP contribution in [0.2, 0.25) is 0 Å². The van der Waals surface area contributed by atoms with E-state index in [1.165, 1.54) is 29.5 Å². The highest BCUT2D eigenvalue weighted by Crippen LogP contribution is 2.25. The van der Waals surface area contributed by atoms with Crippen LogP contribution in [-0.2, 0) is 20.9 Å². The van der Waals surface area contributed by atoms with Crippen LogP contribution in [0.25, 0.3) is 11.0 Å². The summed E-state index contributed by atoms with van der Waals surface area (Å²) in [6, 6.07) is 21.5. The number of carbonyl (C=O) groups excluding carboxylic acids is 2. The van der Waals surface area contributed by atoms with Gasteiger partial charge < -0.3 is 14.6 Å². The third kappa shape index (κ3) is 6.48. The lowest BCUT2D eigenvalue weighted by Gasteiger charge is -2.10. The highest BCUT2D eigenvalue weighted by Gasteiger charge is 2.15. The number of ether oxygens (including phenoxy) is 1. The Morgan fingerprint density at radius 3 is 2.46 bits per heavy atom. The van der Waals surface area contributed by atoms with Gasteiger partial charge in [-0.25, -0.2) is 9.37 Å². The van der Waals surface area contributed by atoms with Crippen molar-refractivity contribution >= 4 is 40.4 Å². The van der Waals surface area contributed by atoms with Gasteiger partial charge in [0.15, 0.2) is 11.8 Å². The predicted octanol–water partition coefficient (Wildman–Crippen LogP) is 5.62. The third-order valence-electron chi connectivity index (χ3n) is 5.42. The molecule has 0 saturated carbocycles. The van der Waals surface area contributed by atoms with E-state index in [0.29, 0.717) is 23.3 Å². The summed E-state index contributed by atoms with van der Waals surface area (Å²) in [5.41, 5.74) is 4.46. The molecular formula is C27H26FN3O3S. The lowest BCUT2D eigenvalue weighted by atomic mass is 10.0. The standard InChI is InChI=1S/C27H26FN3O3S/c1-18(2)20-9-13-22(14-10-20)29-25(32)16-34-26(33)17-35-27-30-23-5-3-4-6-24(23)31(27)15-19-7-11-21(28)12-8-19/h3-14,18H,15-17H2,1-2H3,(H,29,32). The summed E-state index contributed by atoms with van der Waals surface area (Å²) >= 11 is 1.23. The molecule has 0 fully saturated rings. The van der Waals surface area contributed by atoms with E-state index in [0.717, 1.165) is 16.6 Å². The number of esters is 1. The first kappa shape index (κ1) is 24.5. The van der Waals surface area contributed by atoms with Crippen LogP contribution in [0.5, 0.6) is 0 Å². The number of carbonyl (C=O) groups is 2. The Kier molecular flexibility index (Phi) is 7.82. The van der Waals surface area contributed by atoms with Gasteiger partial charge >= 0.3 is 5.97 Å². The van der Waals surface area contributed by atoms with Crippen molar-refractivity contribution in [2.24, 2.45) is 0 Å². The fraction of sp³-hybridized carbons (Fsp3) is 0.222. The van der Waals surface area contributed by atoms with Crippen LogP contribution in [0.3, 0.4) is 0 Å². The van der Waals surface area contributed by atoms with E-state index in [9.17, 15) is 14.0 Å². The summed E-state index contributed by atoms with van der Waals surface area (Å²) in [4.78, 5) is 29.1. The molecule has 0 spiro atoms. The van der Waals surface area contributed by atoms with Crippen LogP contribution >= 0.6 is 11.8 Å². The van der Waals surface area contributed by atoms with E-state index in [1.807, 2.05) is 53.1 Å². The highest BCUT2D eigenvalue weighted by atomic mass is 32.2. The van der Waals surface area contributed by atoms with Gasteiger partial charge in [0.2, 0.25) is 0 Å². The molecule has 0 unspecified atom stereocenters. The van der Waals surface area contributed by atoms with Crippen molar-refractivity contribution < 1.29 is 18.7 Å². The molecule has 1 heterocycles. The van der Waals surface area contributed by atoms with Crippen molar-refractivity contribution in [1.82, 2.24) is 9.55 Å². The number of nitrogens with zero attached hydrogens (tertiary/aromatic N) is 2. The van der Waals surface area contributed by atoms with E-state index >= 15 is 0 Å². The number of nitrogens with one attached hydrogen (secondary N) is 1. The molecule has 1 aromatic heterocycles. The number of thioether (sulfide) groups is 1. The number of hydrogen-bond donors (Lipinski definition) is 1. The molecule has 0 radical (unpaired) electrons. The van der Waals surface area contributed by atoms with Crippen molar-refractivity contribution in [3.63, 3.8) is 0 Å². The SMILES string of the molecule is CC(C)c1ccc(NC(=O)COC(=O)CSc2nc3ccccc3n2Cc2ccc(F)cc2)cc1. The molecular weight excluding hydrogens is 465 g/mol. The van der Waals surface area contributed by atoms with Crippen LogP contribution in [0.15, 0.2) is 78.0 Å². The van der Waals surface area contributed by atoms with Gasteiger partial charge in [0.1, 0.15) is 5.82 Å². The quantitative estimate of drug-likeness (QED) is 0.243. The normalized spacial score (nSPS) is 11.1. The number of benzene rings is 3. The van der Waals surface area contributed by atoms with E-state index in [2.05, 4.69) is 24.1 Å². The number of halogens is 1. The maximum absolute atomic E-state index is 13.3. The number of amides is 1. The average Bonchev–Trinajstić information content (AvgIpc) is 3.20. The summed E-state index contributed by atoms with van der Waals surface area (Å²) in [6.45, 7) is 4.32. The van der Waals surface area contributed by atoms with Gasteiger partial charge in [-0.2, -0.15) is 0 Å². The number of hydrogen-bond acceptors (Lipinski definition) is 5. The molecule has 8 heteroatoms. The molecule has 6 nitrogen and oxygen atoms in total. The summed E-state index contributed by atoms with van der Waals surface area (Å²) in [7, 11) is 0. The zero-order valence-electron chi connectivity index (χ0n) is 19.5. The van der Waals surface area contributed by atoms with Crippen LogP contribution in [0.1, 0.15) is 30.9 Å². The van der Waals surface area contributed by atoms with Crippen LogP contribution < -0.4 is 5.32 Å². The van der Waals surface area contributed by atoms with Gasteiger partial charge in [0.05, 0.1) is 23.3 Å². The Morgan fingerprint density at radius 2 is 1.74 bits per heavy atom. The van der Waals surface area contributed by atoms with Crippen LogP contribution in [0, 0.1) is 5.82 Å². The molecule has 0 aliphatic heterocycles. The molecule has 4 aromatic rings. The van der Waals surface area contributed by atoms with Crippen LogP contribution in [0.4, 0.5) is 10.1 Å². The van der Waals surface area contributed by atoms with Gasteiger partial charge in [-0.15, -0.1) is 0 Å². The van der Waals surface area contributed by atoms with Gasteiger partial charge in [-0.1, -0.05) is 62.0 Å². The minimum atomic E-state index is -0.513. The number of rotatable bonds is 9. The number of aromatic nitrogens is 2. The van der Waals surface area contributed by atoms with Crippen molar-refractivity contribution in [2.45, 2.75) is 31.5 Å². The molecule has 1 amide bonds. The molecule has 4 rings (SSSR count). The second-order valence-electron chi connectivity index (χ2n) is 8.37. The van der Waals surface area contributed by atoms with Gasteiger partial charge in [0, 0.05) is 5.69 Å². The Hall–Kier alpha value is -3.65. The first-order valence-corrected chi connectivity index (χ1v) is 12.3. The zero-order valence-corrected chi connectivity index (χ0v) is 20.3. The summed E-state index contributed by atoms with van der Waals surface area (Å²) in [5, 5.41) is 3.37. The first-order valence-electron chi connectivity index (χ1n) is 11.3. The van der Waals surface area contributed by atoms with Gasteiger partial charge in [0.25, 0.3) is 5.91 Å². The topological polar surface area (TPSA) is 73.2 Å². The summed E-state index contributed by atoms with van der Waals surface area (Å²) in [5.74, 6) is -0.798. The predicted molar refractivity (Wildman–Crippen MR) is 136 cm³/mol. The number of fused-ring (bicyclic) bond motifs is 1. The lowest BCUT2D eigenvalue weighted by molar-refractivity contribution is -0.144. The van der Waals surface area contributed by atoms with E-state index in [1.54, 1.807) is 12.1 Å². The maximum Gasteiger partial charge on any atom is 0.316 e. The first-order chi connectivity index (χ1) is 16.9. The zero-order chi connectivity index (χ0) is 24.8. The van der Waals surface area contributed by atoms with Crippen molar-refractivity contribution in [3.8, 4) is 0 Å². The lowest BCUT2D eigenvalue weighted by Crippen LogP contribution is -2.21.